The van der Waals surface area contributed by atoms with Crippen LogP contribution in [0.3, 0.4) is 0 Å². The summed E-state index contributed by atoms with van der Waals surface area (Å²) in [6.45, 7) is 1.33. The Morgan fingerprint density at radius 3 is 2.92 bits per heavy atom. The van der Waals surface area contributed by atoms with Crippen LogP contribution >= 0.6 is 0 Å². The third-order valence-corrected chi connectivity index (χ3v) is 2.15. The minimum atomic E-state index is -0.485. The van der Waals surface area contributed by atoms with Gasteiger partial charge in [0.2, 0.25) is 0 Å². The summed E-state index contributed by atoms with van der Waals surface area (Å²) in [6, 6.07) is -0.485. The lowest BCUT2D eigenvalue weighted by Crippen LogP contribution is -2.36. The van der Waals surface area contributed by atoms with E-state index in [0.717, 1.165) is 12.8 Å². The van der Waals surface area contributed by atoms with E-state index >= 15 is 0 Å². The van der Waals surface area contributed by atoms with E-state index in [1.54, 1.807) is 0 Å². The Labute approximate surface area is 76.7 Å². The molecule has 2 fully saturated rings. The zero-order valence-electron chi connectivity index (χ0n) is 7.44. The number of hydrogen-bond acceptors (Lipinski definition) is 4. The van der Waals surface area contributed by atoms with E-state index in [-0.39, 0.29) is 5.91 Å². The van der Waals surface area contributed by atoms with E-state index < -0.39 is 6.04 Å². The monoisotopic (exact) mass is 186 g/mol. The van der Waals surface area contributed by atoms with Crippen molar-refractivity contribution in [1.82, 2.24) is 5.06 Å². The molecule has 0 aromatic rings. The number of hydroxylamine groups is 2. The predicted octanol–water partition coefficient (Wildman–Crippen LogP) is -0.734. The quantitative estimate of drug-likeness (QED) is 0.628. The van der Waals surface area contributed by atoms with Crippen LogP contribution in [0.2, 0.25) is 0 Å². The molecule has 0 bridgehead atoms. The van der Waals surface area contributed by atoms with E-state index in [9.17, 15) is 4.79 Å². The first-order chi connectivity index (χ1) is 6.27. The Morgan fingerprint density at radius 2 is 2.38 bits per heavy atom. The van der Waals surface area contributed by atoms with Crippen molar-refractivity contribution in [3.8, 4) is 0 Å². The molecule has 1 heterocycles. The number of ether oxygens (including phenoxy) is 1. The highest BCUT2D eigenvalue weighted by Gasteiger charge is 2.30. The molecule has 74 valence electrons. The van der Waals surface area contributed by atoms with Gasteiger partial charge >= 0.3 is 0 Å². The van der Waals surface area contributed by atoms with E-state index in [4.69, 9.17) is 15.3 Å². The molecular weight excluding hydrogens is 172 g/mol. The summed E-state index contributed by atoms with van der Waals surface area (Å²) in [5, 5.41) is 1.30. The first-order valence-electron chi connectivity index (χ1n) is 4.59. The van der Waals surface area contributed by atoms with E-state index in [0.29, 0.717) is 25.9 Å². The van der Waals surface area contributed by atoms with Gasteiger partial charge in [0, 0.05) is 0 Å². The fourth-order valence-corrected chi connectivity index (χ4v) is 1.20. The van der Waals surface area contributed by atoms with Crippen molar-refractivity contribution >= 4 is 5.91 Å². The van der Waals surface area contributed by atoms with Crippen molar-refractivity contribution in [3.05, 3.63) is 0 Å². The van der Waals surface area contributed by atoms with Crippen molar-refractivity contribution in [2.45, 2.75) is 25.0 Å². The van der Waals surface area contributed by atoms with Gasteiger partial charge in [0.15, 0.2) is 0 Å². The predicted molar refractivity (Wildman–Crippen MR) is 44.6 cm³/mol. The third kappa shape index (κ3) is 2.18. The van der Waals surface area contributed by atoms with Crippen molar-refractivity contribution < 1.29 is 14.4 Å². The molecule has 1 saturated heterocycles. The molecule has 0 aromatic heterocycles. The molecule has 0 radical (unpaired) electrons. The smallest absolute Gasteiger partial charge is 0.265 e. The Morgan fingerprint density at radius 1 is 1.62 bits per heavy atom. The third-order valence-electron chi connectivity index (χ3n) is 2.15. The first-order valence-corrected chi connectivity index (χ1v) is 4.59. The second-order valence-corrected chi connectivity index (χ2v) is 3.41. The van der Waals surface area contributed by atoms with Gasteiger partial charge in [-0.1, -0.05) is 0 Å². The maximum atomic E-state index is 11.2. The number of carbonyl (C=O) groups excluding carboxylic acids is 1. The summed E-state index contributed by atoms with van der Waals surface area (Å²) < 4.78 is 5.38. The van der Waals surface area contributed by atoms with Gasteiger partial charge in [-0.25, -0.2) is 5.06 Å². The molecule has 2 aliphatic rings. The highest BCUT2D eigenvalue weighted by Crippen LogP contribution is 2.23. The Hall–Kier alpha value is -0.650. The van der Waals surface area contributed by atoms with Crippen molar-refractivity contribution in [3.63, 3.8) is 0 Å². The topological polar surface area (TPSA) is 64.8 Å². The normalized spacial score (nSPS) is 28.5. The van der Waals surface area contributed by atoms with Crippen LogP contribution in [0.1, 0.15) is 12.8 Å². The molecule has 0 spiro atoms. The minimum Gasteiger partial charge on any atom is -0.376 e. The maximum absolute atomic E-state index is 11.2. The lowest BCUT2D eigenvalue weighted by Gasteiger charge is -2.13. The van der Waals surface area contributed by atoms with Crippen molar-refractivity contribution in [2.75, 3.05) is 19.8 Å². The van der Waals surface area contributed by atoms with Gasteiger partial charge in [-0.3, -0.25) is 9.63 Å². The molecular formula is C8H14N2O3. The van der Waals surface area contributed by atoms with Crippen molar-refractivity contribution in [2.24, 2.45) is 5.73 Å². The lowest BCUT2D eigenvalue weighted by atomic mass is 10.3. The van der Waals surface area contributed by atoms with Crippen LogP contribution in [0, 0.1) is 0 Å². The van der Waals surface area contributed by atoms with Crippen molar-refractivity contribution in [1.29, 1.82) is 0 Å². The molecule has 13 heavy (non-hydrogen) atoms. The Bertz CT molecular complexity index is 206. The minimum absolute atomic E-state index is 0.139. The molecule has 1 aliphatic heterocycles. The number of nitrogens with two attached hydrogens (primary N) is 1. The maximum Gasteiger partial charge on any atom is 0.265 e. The molecule has 1 atom stereocenters. The number of rotatable bonds is 4. The van der Waals surface area contributed by atoms with E-state index in [1.807, 2.05) is 0 Å². The second-order valence-electron chi connectivity index (χ2n) is 3.41. The Kier molecular flexibility index (Phi) is 2.48. The van der Waals surface area contributed by atoms with Gasteiger partial charge in [0.1, 0.15) is 6.04 Å². The summed E-state index contributed by atoms with van der Waals surface area (Å²) in [6.07, 6.45) is 2.72. The summed E-state index contributed by atoms with van der Waals surface area (Å²) in [7, 11) is 0. The molecule has 1 amide bonds. The molecule has 2 rings (SSSR count). The van der Waals surface area contributed by atoms with E-state index in [2.05, 4.69) is 0 Å². The zero-order valence-corrected chi connectivity index (χ0v) is 7.44. The van der Waals surface area contributed by atoms with Crippen LogP contribution < -0.4 is 5.73 Å². The highest BCUT2D eigenvalue weighted by molar-refractivity contribution is 5.82. The van der Waals surface area contributed by atoms with Gasteiger partial charge in [0.25, 0.3) is 5.91 Å². The summed E-state index contributed by atoms with van der Waals surface area (Å²) in [5.41, 5.74) is 5.46. The molecule has 1 aliphatic carbocycles. The number of amides is 1. The molecule has 0 aromatic carbocycles. The van der Waals surface area contributed by atoms with Crippen LogP contribution in [0.5, 0.6) is 0 Å². The molecule has 5 nitrogen and oxygen atoms in total. The number of carbonyl (C=O) groups is 1. The van der Waals surface area contributed by atoms with Crippen LogP contribution in [0.4, 0.5) is 0 Å². The highest BCUT2D eigenvalue weighted by atomic mass is 16.7. The van der Waals surface area contributed by atoms with Crippen LogP contribution in [-0.2, 0) is 14.4 Å². The average molecular weight is 186 g/mol. The summed E-state index contributed by atoms with van der Waals surface area (Å²) in [5.74, 6) is -0.139. The number of hydrogen-bond donors (Lipinski definition) is 1. The lowest BCUT2D eigenvalue weighted by molar-refractivity contribution is -0.165. The fraction of sp³-hybridized carbons (Fsp3) is 0.875. The number of nitrogens with zero attached hydrogens (tertiary/aromatic N) is 1. The van der Waals surface area contributed by atoms with E-state index in [1.165, 1.54) is 5.06 Å². The molecule has 1 saturated carbocycles. The van der Waals surface area contributed by atoms with Gasteiger partial charge in [-0.2, -0.15) is 0 Å². The molecule has 2 N–H and O–H groups in total. The van der Waals surface area contributed by atoms with Crippen LogP contribution in [0.25, 0.3) is 0 Å². The molecule has 5 heteroatoms. The summed E-state index contributed by atoms with van der Waals surface area (Å²) in [4.78, 5) is 16.3. The summed E-state index contributed by atoms with van der Waals surface area (Å²) >= 11 is 0. The van der Waals surface area contributed by atoms with Gasteiger partial charge < -0.3 is 10.5 Å². The first kappa shape index (κ1) is 8.93. The molecule has 1 unspecified atom stereocenters. The zero-order chi connectivity index (χ0) is 9.26. The van der Waals surface area contributed by atoms with Gasteiger partial charge in [-0.15, -0.1) is 0 Å². The van der Waals surface area contributed by atoms with Gasteiger partial charge in [-0.05, 0) is 12.8 Å². The van der Waals surface area contributed by atoms with Crippen LogP contribution in [0.15, 0.2) is 0 Å². The second kappa shape index (κ2) is 3.61. The average Bonchev–Trinajstić information content (AvgIpc) is 2.88. The van der Waals surface area contributed by atoms with Crippen LogP contribution in [-0.4, -0.2) is 42.9 Å². The van der Waals surface area contributed by atoms with Gasteiger partial charge in [0.05, 0.1) is 25.9 Å². The Balaban J connectivity index is 1.66. The fourth-order valence-electron chi connectivity index (χ4n) is 1.20. The SMILES string of the molecule is NC1CON(CCOC2CC2)C1=O. The standard InChI is InChI=1S/C8H14N2O3/c9-7-5-13-10(8(7)11)3-4-12-6-1-2-6/h6-7H,1-5,9H2. The largest absolute Gasteiger partial charge is 0.376 e.